The number of rotatable bonds is 4. The molecule has 0 aliphatic heterocycles. The average molecular weight is 233 g/mol. The van der Waals surface area contributed by atoms with Gasteiger partial charge in [0, 0.05) is 12.6 Å². The highest BCUT2D eigenvalue weighted by molar-refractivity contribution is 5.24. The van der Waals surface area contributed by atoms with Gasteiger partial charge in [-0.2, -0.15) is 0 Å². The molecule has 0 bridgehead atoms. The van der Waals surface area contributed by atoms with E-state index in [0.717, 1.165) is 25.8 Å². The zero-order valence-electron chi connectivity index (χ0n) is 10.8. The minimum atomic E-state index is -0.148. The maximum Gasteiger partial charge on any atom is 0.0693 e. The lowest BCUT2D eigenvalue weighted by atomic mass is 10.0. The SMILES string of the molecule is CC(C)c1ccc(CN[C@@H]2CCC[C@H]2O)cc1. The van der Waals surface area contributed by atoms with Gasteiger partial charge in [0.15, 0.2) is 0 Å². The van der Waals surface area contributed by atoms with E-state index in [-0.39, 0.29) is 6.10 Å². The molecule has 2 heteroatoms. The Morgan fingerprint density at radius 3 is 2.47 bits per heavy atom. The fourth-order valence-corrected chi connectivity index (χ4v) is 2.45. The Morgan fingerprint density at radius 2 is 1.94 bits per heavy atom. The largest absolute Gasteiger partial charge is 0.392 e. The van der Waals surface area contributed by atoms with Crippen LogP contribution in [-0.2, 0) is 6.54 Å². The molecule has 94 valence electrons. The maximum atomic E-state index is 9.72. The van der Waals surface area contributed by atoms with E-state index in [4.69, 9.17) is 0 Å². The highest BCUT2D eigenvalue weighted by Crippen LogP contribution is 2.19. The molecule has 2 atom stereocenters. The molecular weight excluding hydrogens is 210 g/mol. The molecule has 1 aromatic rings. The van der Waals surface area contributed by atoms with Gasteiger partial charge in [-0.1, -0.05) is 38.1 Å². The minimum absolute atomic E-state index is 0.148. The molecule has 2 rings (SSSR count). The second-order valence-electron chi connectivity index (χ2n) is 5.38. The molecule has 0 aromatic heterocycles. The lowest BCUT2D eigenvalue weighted by molar-refractivity contribution is 0.148. The number of aliphatic hydroxyl groups is 1. The molecular formula is C15H23NO. The van der Waals surface area contributed by atoms with Crippen molar-refractivity contribution in [3.05, 3.63) is 35.4 Å². The Hall–Kier alpha value is -0.860. The Balaban J connectivity index is 1.86. The molecule has 1 saturated carbocycles. The van der Waals surface area contributed by atoms with Crippen LogP contribution in [0.2, 0.25) is 0 Å². The Bertz CT molecular complexity index is 344. The molecule has 1 aliphatic rings. The van der Waals surface area contributed by atoms with Crippen molar-refractivity contribution in [3.63, 3.8) is 0 Å². The smallest absolute Gasteiger partial charge is 0.0693 e. The monoisotopic (exact) mass is 233 g/mol. The third-order valence-corrected chi connectivity index (χ3v) is 3.69. The van der Waals surface area contributed by atoms with Gasteiger partial charge in [-0.15, -0.1) is 0 Å². The van der Waals surface area contributed by atoms with Crippen LogP contribution in [0.1, 0.15) is 50.2 Å². The van der Waals surface area contributed by atoms with E-state index in [2.05, 4.69) is 43.4 Å². The van der Waals surface area contributed by atoms with Gasteiger partial charge in [-0.05, 0) is 36.3 Å². The zero-order chi connectivity index (χ0) is 12.3. The summed E-state index contributed by atoms with van der Waals surface area (Å²) in [6.45, 7) is 5.28. The third kappa shape index (κ3) is 3.30. The molecule has 1 fully saturated rings. The average Bonchev–Trinajstić information content (AvgIpc) is 2.73. The minimum Gasteiger partial charge on any atom is -0.392 e. The van der Waals surface area contributed by atoms with Crippen LogP contribution >= 0.6 is 0 Å². The quantitative estimate of drug-likeness (QED) is 0.838. The van der Waals surface area contributed by atoms with Crippen LogP contribution in [0.5, 0.6) is 0 Å². The van der Waals surface area contributed by atoms with E-state index >= 15 is 0 Å². The summed E-state index contributed by atoms with van der Waals surface area (Å²) in [4.78, 5) is 0. The summed E-state index contributed by atoms with van der Waals surface area (Å²) in [5.41, 5.74) is 2.68. The molecule has 0 spiro atoms. The number of aliphatic hydroxyl groups excluding tert-OH is 1. The van der Waals surface area contributed by atoms with Crippen molar-refractivity contribution >= 4 is 0 Å². The highest BCUT2D eigenvalue weighted by Gasteiger charge is 2.24. The summed E-state index contributed by atoms with van der Waals surface area (Å²) in [6.07, 6.45) is 3.05. The second-order valence-corrected chi connectivity index (χ2v) is 5.38. The van der Waals surface area contributed by atoms with Crippen LogP contribution in [0.3, 0.4) is 0 Å². The van der Waals surface area contributed by atoms with Gasteiger partial charge in [0.25, 0.3) is 0 Å². The molecule has 0 unspecified atom stereocenters. The van der Waals surface area contributed by atoms with E-state index in [1.807, 2.05) is 0 Å². The first kappa shape index (κ1) is 12.6. The van der Waals surface area contributed by atoms with Crippen LogP contribution in [0.4, 0.5) is 0 Å². The van der Waals surface area contributed by atoms with Gasteiger partial charge < -0.3 is 10.4 Å². The van der Waals surface area contributed by atoms with Crippen LogP contribution in [0.15, 0.2) is 24.3 Å². The molecule has 2 nitrogen and oxygen atoms in total. The predicted octanol–water partition coefficient (Wildman–Crippen LogP) is 2.81. The first-order chi connectivity index (χ1) is 8.16. The molecule has 0 radical (unpaired) electrons. The van der Waals surface area contributed by atoms with Crippen LogP contribution in [-0.4, -0.2) is 17.3 Å². The Labute approximate surface area is 104 Å². The standard InChI is InChI=1S/C15H23NO/c1-11(2)13-8-6-12(7-9-13)10-16-14-4-3-5-15(14)17/h6-9,11,14-17H,3-5,10H2,1-2H3/t14-,15-/m1/s1. The van der Waals surface area contributed by atoms with Gasteiger partial charge in [-0.25, -0.2) is 0 Å². The van der Waals surface area contributed by atoms with Crippen LogP contribution in [0, 0.1) is 0 Å². The maximum absolute atomic E-state index is 9.72. The van der Waals surface area contributed by atoms with Crippen molar-refractivity contribution in [1.82, 2.24) is 5.32 Å². The number of nitrogens with one attached hydrogen (secondary N) is 1. The Morgan fingerprint density at radius 1 is 1.24 bits per heavy atom. The first-order valence-electron chi connectivity index (χ1n) is 6.67. The molecule has 17 heavy (non-hydrogen) atoms. The van der Waals surface area contributed by atoms with E-state index in [1.54, 1.807) is 0 Å². The van der Waals surface area contributed by atoms with Crippen molar-refractivity contribution in [2.75, 3.05) is 0 Å². The number of hydrogen-bond acceptors (Lipinski definition) is 2. The van der Waals surface area contributed by atoms with Crippen molar-refractivity contribution in [1.29, 1.82) is 0 Å². The van der Waals surface area contributed by atoms with Crippen LogP contribution < -0.4 is 5.32 Å². The normalized spacial score (nSPS) is 24.5. The summed E-state index contributed by atoms with van der Waals surface area (Å²) in [6, 6.07) is 9.06. The first-order valence-corrected chi connectivity index (χ1v) is 6.67. The summed E-state index contributed by atoms with van der Waals surface area (Å²) in [5.74, 6) is 0.591. The summed E-state index contributed by atoms with van der Waals surface area (Å²) in [7, 11) is 0. The van der Waals surface area contributed by atoms with Crippen molar-refractivity contribution in [2.24, 2.45) is 0 Å². The molecule has 0 saturated heterocycles. The van der Waals surface area contributed by atoms with Gasteiger partial charge in [-0.3, -0.25) is 0 Å². The fraction of sp³-hybridized carbons (Fsp3) is 0.600. The molecule has 2 N–H and O–H groups in total. The van der Waals surface area contributed by atoms with Crippen LogP contribution in [0.25, 0.3) is 0 Å². The van der Waals surface area contributed by atoms with E-state index in [9.17, 15) is 5.11 Å². The van der Waals surface area contributed by atoms with E-state index in [0.29, 0.717) is 12.0 Å². The summed E-state index contributed by atoms with van der Waals surface area (Å²) in [5, 5.41) is 13.2. The molecule has 0 amide bonds. The fourth-order valence-electron chi connectivity index (χ4n) is 2.45. The van der Waals surface area contributed by atoms with Gasteiger partial charge in [0.1, 0.15) is 0 Å². The topological polar surface area (TPSA) is 32.3 Å². The summed E-state index contributed by atoms with van der Waals surface area (Å²) >= 11 is 0. The van der Waals surface area contributed by atoms with Crippen molar-refractivity contribution in [3.8, 4) is 0 Å². The highest BCUT2D eigenvalue weighted by atomic mass is 16.3. The van der Waals surface area contributed by atoms with Crippen molar-refractivity contribution < 1.29 is 5.11 Å². The lowest BCUT2D eigenvalue weighted by Gasteiger charge is -2.16. The number of benzene rings is 1. The third-order valence-electron chi connectivity index (χ3n) is 3.69. The molecule has 0 heterocycles. The second kappa shape index (κ2) is 5.65. The van der Waals surface area contributed by atoms with E-state index < -0.39 is 0 Å². The summed E-state index contributed by atoms with van der Waals surface area (Å²) < 4.78 is 0. The molecule has 1 aromatic carbocycles. The van der Waals surface area contributed by atoms with E-state index in [1.165, 1.54) is 11.1 Å². The zero-order valence-corrected chi connectivity index (χ0v) is 10.8. The van der Waals surface area contributed by atoms with Crippen molar-refractivity contribution in [2.45, 2.75) is 57.7 Å². The van der Waals surface area contributed by atoms with Gasteiger partial charge in [0.2, 0.25) is 0 Å². The Kier molecular flexibility index (Phi) is 4.19. The molecule has 1 aliphatic carbocycles. The van der Waals surface area contributed by atoms with Gasteiger partial charge >= 0.3 is 0 Å². The number of hydrogen-bond donors (Lipinski definition) is 2. The predicted molar refractivity (Wildman–Crippen MR) is 71.0 cm³/mol. The lowest BCUT2D eigenvalue weighted by Crippen LogP contribution is -2.35. The van der Waals surface area contributed by atoms with Gasteiger partial charge in [0.05, 0.1) is 6.10 Å².